The first-order valence-electron chi connectivity index (χ1n) is 9.00. The summed E-state index contributed by atoms with van der Waals surface area (Å²) in [4.78, 5) is 19.5. The zero-order valence-corrected chi connectivity index (χ0v) is 15.3. The first-order valence-corrected chi connectivity index (χ1v) is 9.00. The van der Waals surface area contributed by atoms with E-state index in [9.17, 15) is 4.79 Å². The topological polar surface area (TPSA) is 54.5 Å². The molecule has 0 spiro atoms. The van der Waals surface area contributed by atoms with E-state index in [-0.39, 0.29) is 5.91 Å². The number of morpholine rings is 1. The highest BCUT2D eigenvalue weighted by molar-refractivity contribution is 5.95. The SMILES string of the molecule is CCC(C)(C)C(=O)Nc1cc(CN2CCOCC2)c2ccccc2n1. The third kappa shape index (κ3) is 4.17. The average Bonchev–Trinajstić information content (AvgIpc) is 2.62. The molecule has 1 saturated heterocycles. The molecule has 0 unspecified atom stereocenters. The molecule has 3 rings (SSSR count). The number of rotatable bonds is 5. The van der Waals surface area contributed by atoms with Crippen molar-refractivity contribution in [2.75, 3.05) is 31.6 Å². The number of hydrogen-bond acceptors (Lipinski definition) is 4. The summed E-state index contributed by atoms with van der Waals surface area (Å²) in [7, 11) is 0. The largest absolute Gasteiger partial charge is 0.379 e. The standard InChI is InChI=1S/C20H27N3O2/c1-4-20(2,3)19(24)22-18-13-15(14-23-9-11-25-12-10-23)16-7-5-6-8-17(16)21-18/h5-8,13H,4,9-12,14H2,1-3H3,(H,21,22,24). The Morgan fingerprint density at radius 2 is 2.00 bits per heavy atom. The Morgan fingerprint density at radius 3 is 2.72 bits per heavy atom. The summed E-state index contributed by atoms with van der Waals surface area (Å²) in [6.07, 6.45) is 0.785. The zero-order chi connectivity index (χ0) is 17.9. The van der Waals surface area contributed by atoms with Crippen LogP contribution in [0.1, 0.15) is 32.8 Å². The van der Waals surface area contributed by atoms with Crippen LogP contribution in [-0.4, -0.2) is 42.1 Å². The van der Waals surface area contributed by atoms with Crippen LogP contribution in [0.25, 0.3) is 10.9 Å². The number of fused-ring (bicyclic) bond motifs is 1. The molecule has 1 amide bonds. The maximum atomic E-state index is 12.5. The molecule has 2 aromatic rings. The average molecular weight is 341 g/mol. The Hall–Kier alpha value is -1.98. The van der Waals surface area contributed by atoms with E-state index in [4.69, 9.17) is 4.74 Å². The van der Waals surface area contributed by atoms with Crippen LogP contribution in [0.5, 0.6) is 0 Å². The summed E-state index contributed by atoms with van der Waals surface area (Å²) >= 11 is 0. The number of carbonyl (C=O) groups excluding carboxylic acids is 1. The molecule has 25 heavy (non-hydrogen) atoms. The Morgan fingerprint density at radius 1 is 1.28 bits per heavy atom. The van der Waals surface area contributed by atoms with Gasteiger partial charge < -0.3 is 10.1 Å². The maximum Gasteiger partial charge on any atom is 0.231 e. The minimum Gasteiger partial charge on any atom is -0.379 e. The summed E-state index contributed by atoms with van der Waals surface area (Å²) in [5.74, 6) is 0.642. The van der Waals surface area contributed by atoms with Gasteiger partial charge in [-0.3, -0.25) is 9.69 Å². The number of aromatic nitrogens is 1. The molecule has 1 aliphatic rings. The van der Waals surface area contributed by atoms with Crippen molar-refractivity contribution in [2.45, 2.75) is 33.7 Å². The fourth-order valence-electron chi connectivity index (χ4n) is 2.89. The van der Waals surface area contributed by atoms with Crippen LogP contribution >= 0.6 is 0 Å². The fraction of sp³-hybridized carbons (Fsp3) is 0.500. The van der Waals surface area contributed by atoms with Gasteiger partial charge in [-0.05, 0) is 24.1 Å². The van der Waals surface area contributed by atoms with E-state index in [2.05, 4.69) is 21.3 Å². The van der Waals surface area contributed by atoms with Gasteiger partial charge in [0.25, 0.3) is 0 Å². The van der Waals surface area contributed by atoms with Gasteiger partial charge in [0.1, 0.15) is 5.82 Å². The molecule has 0 radical (unpaired) electrons. The van der Waals surface area contributed by atoms with Crippen LogP contribution in [0.2, 0.25) is 0 Å². The highest BCUT2D eigenvalue weighted by Gasteiger charge is 2.26. The maximum absolute atomic E-state index is 12.5. The third-order valence-electron chi connectivity index (χ3n) is 5.04. The van der Waals surface area contributed by atoms with Gasteiger partial charge in [-0.15, -0.1) is 0 Å². The molecular weight excluding hydrogens is 314 g/mol. The molecule has 1 N–H and O–H groups in total. The number of nitrogens with zero attached hydrogens (tertiary/aromatic N) is 2. The Kier molecular flexibility index (Phi) is 5.35. The minimum absolute atomic E-state index is 0.00936. The third-order valence-corrected chi connectivity index (χ3v) is 5.04. The lowest BCUT2D eigenvalue weighted by Crippen LogP contribution is -2.35. The van der Waals surface area contributed by atoms with Crippen molar-refractivity contribution in [1.82, 2.24) is 9.88 Å². The molecule has 0 atom stereocenters. The van der Waals surface area contributed by atoms with Crippen LogP contribution in [0.15, 0.2) is 30.3 Å². The highest BCUT2D eigenvalue weighted by atomic mass is 16.5. The van der Waals surface area contributed by atoms with E-state index < -0.39 is 5.41 Å². The van der Waals surface area contributed by atoms with Crippen molar-refractivity contribution >= 4 is 22.6 Å². The quantitative estimate of drug-likeness (QED) is 0.905. The first kappa shape index (κ1) is 17.8. The van der Waals surface area contributed by atoms with Gasteiger partial charge in [-0.2, -0.15) is 0 Å². The predicted octanol–water partition coefficient (Wildman–Crippen LogP) is 3.44. The molecule has 1 aliphatic heterocycles. The van der Waals surface area contributed by atoms with Crippen LogP contribution in [0.4, 0.5) is 5.82 Å². The second-order valence-corrected chi connectivity index (χ2v) is 7.26. The molecule has 0 bridgehead atoms. The number of ether oxygens (including phenoxy) is 1. The van der Waals surface area contributed by atoms with E-state index >= 15 is 0 Å². The van der Waals surface area contributed by atoms with Crippen molar-refractivity contribution in [3.8, 4) is 0 Å². The van der Waals surface area contributed by atoms with Crippen LogP contribution < -0.4 is 5.32 Å². The van der Waals surface area contributed by atoms with Crippen LogP contribution in [-0.2, 0) is 16.1 Å². The molecule has 1 aromatic carbocycles. The summed E-state index contributed by atoms with van der Waals surface area (Å²) in [5, 5.41) is 4.15. The summed E-state index contributed by atoms with van der Waals surface area (Å²) in [6.45, 7) is 10.2. The van der Waals surface area contributed by atoms with Crippen molar-refractivity contribution in [3.05, 3.63) is 35.9 Å². The van der Waals surface area contributed by atoms with Crippen molar-refractivity contribution in [2.24, 2.45) is 5.41 Å². The molecule has 5 heteroatoms. The van der Waals surface area contributed by atoms with Gasteiger partial charge >= 0.3 is 0 Å². The van der Waals surface area contributed by atoms with Crippen molar-refractivity contribution in [1.29, 1.82) is 0 Å². The number of para-hydroxylation sites is 1. The molecule has 0 saturated carbocycles. The number of nitrogens with one attached hydrogen (secondary N) is 1. The summed E-state index contributed by atoms with van der Waals surface area (Å²) in [6, 6.07) is 10.1. The van der Waals surface area contributed by atoms with Gasteiger partial charge in [-0.25, -0.2) is 4.98 Å². The number of carbonyl (C=O) groups is 1. The van der Waals surface area contributed by atoms with Gasteiger partial charge in [0.2, 0.25) is 5.91 Å². The van der Waals surface area contributed by atoms with E-state index in [0.29, 0.717) is 5.82 Å². The lowest BCUT2D eigenvalue weighted by molar-refractivity contribution is -0.124. The molecular formula is C20H27N3O2. The number of anilines is 1. The van der Waals surface area contributed by atoms with Crippen LogP contribution in [0, 0.1) is 5.41 Å². The number of hydrogen-bond donors (Lipinski definition) is 1. The summed E-state index contributed by atoms with van der Waals surface area (Å²) < 4.78 is 5.44. The van der Waals surface area contributed by atoms with Crippen molar-refractivity contribution in [3.63, 3.8) is 0 Å². The predicted molar refractivity (Wildman–Crippen MR) is 101 cm³/mol. The van der Waals surface area contributed by atoms with E-state index in [1.165, 1.54) is 5.56 Å². The minimum atomic E-state index is -0.405. The smallest absolute Gasteiger partial charge is 0.231 e. The molecule has 5 nitrogen and oxygen atoms in total. The molecule has 1 fully saturated rings. The van der Waals surface area contributed by atoms with Gasteiger partial charge in [0, 0.05) is 30.4 Å². The van der Waals surface area contributed by atoms with E-state index in [1.54, 1.807) is 0 Å². The molecule has 1 aromatic heterocycles. The molecule has 0 aliphatic carbocycles. The fourth-order valence-corrected chi connectivity index (χ4v) is 2.89. The second kappa shape index (κ2) is 7.50. The Labute approximate surface area is 149 Å². The number of pyridine rings is 1. The number of amides is 1. The Bertz CT molecular complexity index is 752. The number of benzene rings is 1. The lowest BCUT2D eigenvalue weighted by Gasteiger charge is -2.27. The first-order chi connectivity index (χ1) is 12.0. The summed E-state index contributed by atoms with van der Waals surface area (Å²) in [5.41, 5.74) is 1.70. The molecule has 134 valence electrons. The van der Waals surface area contributed by atoms with E-state index in [0.717, 1.165) is 50.2 Å². The van der Waals surface area contributed by atoms with Gasteiger partial charge in [-0.1, -0.05) is 39.0 Å². The monoisotopic (exact) mass is 341 g/mol. The van der Waals surface area contributed by atoms with Crippen LogP contribution in [0.3, 0.4) is 0 Å². The molecule has 2 heterocycles. The lowest BCUT2D eigenvalue weighted by atomic mass is 9.89. The highest BCUT2D eigenvalue weighted by Crippen LogP contribution is 2.25. The van der Waals surface area contributed by atoms with Gasteiger partial charge in [0.15, 0.2) is 0 Å². The zero-order valence-electron chi connectivity index (χ0n) is 15.3. The Balaban J connectivity index is 1.90. The van der Waals surface area contributed by atoms with Crippen molar-refractivity contribution < 1.29 is 9.53 Å². The second-order valence-electron chi connectivity index (χ2n) is 7.26. The van der Waals surface area contributed by atoms with E-state index in [1.807, 2.05) is 45.0 Å². The normalized spacial score (nSPS) is 16.1. The van der Waals surface area contributed by atoms with Gasteiger partial charge in [0.05, 0.1) is 18.7 Å².